The largest absolute Gasteiger partial charge is 0.433 e. The molecule has 0 spiro atoms. The highest BCUT2D eigenvalue weighted by Crippen LogP contribution is 2.36. The molecule has 5 rings (SSSR count). The van der Waals surface area contributed by atoms with Gasteiger partial charge < -0.3 is 0 Å². The van der Waals surface area contributed by atoms with Gasteiger partial charge in [-0.05, 0) is 41.5 Å². The van der Waals surface area contributed by atoms with Gasteiger partial charge in [-0.1, -0.05) is 48.0 Å². The van der Waals surface area contributed by atoms with E-state index in [1.54, 1.807) is 6.33 Å². The highest BCUT2D eigenvalue weighted by molar-refractivity contribution is 6.30. The minimum absolute atomic E-state index is 0.372. The highest BCUT2D eigenvalue weighted by atomic mass is 35.5. The molecule has 1 aliphatic heterocycles. The average molecular weight is 469 g/mol. The summed E-state index contributed by atoms with van der Waals surface area (Å²) in [6.07, 6.45) is -1.44. The van der Waals surface area contributed by atoms with Gasteiger partial charge >= 0.3 is 6.18 Å². The molecule has 1 aliphatic rings. The third-order valence-electron chi connectivity index (χ3n) is 5.34. The van der Waals surface area contributed by atoms with Crippen LogP contribution in [-0.4, -0.2) is 15.0 Å². The molecule has 0 radical (unpaired) electrons. The summed E-state index contributed by atoms with van der Waals surface area (Å²) in [7, 11) is 0. The number of fused-ring (bicyclic) bond motifs is 1. The van der Waals surface area contributed by atoms with Gasteiger partial charge in [0.2, 0.25) is 6.33 Å². The second-order valence-corrected chi connectivity index (χ2v) is 8.10. The number of aromatic nitrogens is 3. The van der Waals surface area contributed by atoms with Crippen LogP contribution in [0.4, 0.5) is 19.0 Å². The number of rotatable bonds is 4. The van der Waals surface area contributed by atoms with Crippen molar-refractivity contribution in [2.45, 2.75) is 19.4 Å². The van der Waals surface area contributed by atoms with Crippen molar-refractivity contribution in [2.24, 2.45) is 0 Å². The monoisotopic (exact) mass is 468 g/mol. The van der Waals surface area contributed by atoms with E-state index in [-0.39, 0.29) is 0 Å². The van der Waals surface area contributed by atoms with E-state index in [1.165, 1.54) is 12.3 Å². The van der Waals surface area contributed by atoms with E-state index in [0.29, 0.717) is 23.8 Å². The maximum Gasteiger partial charge on any atom is 0.433 e. The van der Waals surface area contributed by atoms with Gasteiger partial charge in [0.25, 0.3) is 5.82 Å². The van der Waals surface area contributed by atoms with E-state index < -0.39 is 11.9 Å². The van der Waals surface area contributed by atoms with Crippen LogP contribution >= 0.6 is 11.6 Å². The number of hydrogen-bond donors (Lipinski definition) is 1. The summed E-state index contributed by atoms with van der Waals surface area (Å²) in [5, 5.41) is 2.55. The minimum Gasteiger partial charge on any atom is -0.251 e. The van der Waals surface area contributed by atoms with Crippen molar-refractivity contribution in [3.8, 4) is 22.4 Å². The maximum atomic E-state index is 12.8. The molecule has 0 saturated carbocycles. The van der Waals surface area contributed by atoms with E-state index in [4.69, 9.17) is 16.6 Å². The standard InChI is InChI=1S/C24H17ClF3N5/c25-19-9-7-18(8-10-19)22-21(17-4-2-1-3-5-17)23-31-33(15-32(23)14-30-22)13-16-6-11-20(29-12-16)24(26,27)28/h1-12,14H,13,15H2/p+1. The van der Waals surface area contributed by atoms with E-state index in [2.05, 4.69) is 10.4 Å². The summed E-state index contributed by atoms with van der Waals surface area (Å²) in [5.74, 6) is 0.848. The Morgan fingerprint density at radius 3 is 2.36 bits per heavy atom. The number of hydrazine groups is 1. The van der Waals surface area contributed by atoms with Gasteiger partial charge in [-0.3, -0.25) is 4.98 Å². The summed E-state index contributed by atoms with van der Waals surface area (Å²) >= 11 is 6.07. The molecule has 0 atom stereocenters. The molecule has 0 amide bonds. The Bertz CT molecular complexity index is 1280. The Balaban J connectivity index is 1.48. The first-order valence-electron chi connectivity index (χ1n) is 10.2. The Hall–Kier alpha value is -3.49. The molecule has 1 N–H and O–H groups in total. The Kier molecular flexibility index (Phi) is 5.47. The molecular formula is C24H18ClF3N5+. The van der Waals surface area contributed by atoms with Gasteiger partial charge in [0.15, 0.2) is 12.4 Å². The lowest BCUT2D eigenvalue weighted by Gasteiger charge is -2.12. The van der Waals surface area contributed by atoms with E-state index in [0.717, 1.165) is 34.3 Å². The van der Waals surface area contributed by atoms with E-state index in [9.17, 15) is 13.2 Å². The smallest absolute Gasteiger partial charge is 0.251 e. The third-order valence-corrected chi connectivity index (χ3v) is 5.59. The van der Waals surface area contributed by atoms with Crippen molar-refractivity contribution < 1.29 is 17.7 Å². The van der Waals surface area contributed by atoms with Crippen molar-refractivity contribution in [1.82, 2.24) is 15.0 Å². The van der Waals surface area contributed by atoms with Gasteiger partial charge in [0.1, 0.15) is 5.69 Å². The number of nitrogens with one attached hydrogen (secondary N) is 1. The van der Waals surface area contributed by atoms with Gasteiger partial charge in [-0.25, -0.2) is 9.99 Å². The zero-order valence-electron chi connectivity index (χ0n) is 17.2. The normalized spacial score (nSPS) is 13.6. The fourth-order valence-electron chi connectivity index (χ4n) is 3.80. The number of nitrogens with zero attached hydrogens (tertiary/aromatic N) is 4. The lowest BCUT2D eigenvalue weighted by molar-refractivity contribution is -0.689. The number of halogens is 4. The van der Waals surface area contributed by atoms with Crippen molar-refractivity contribution in [1.29, 1.82) is 0 Å². The van der Waals surface area contributed by atoms with Crippen molar-refractivity contribution in [2.75, 3.05) is 5.43 Å². The molecular weight excluding hydrogens is 451 g/mol. The first-order chi connectivity index (χ1) is 15.9. The van der Waals surface area contributed by atoms with Crippen LogP contribution < -0.4 is 9.99 Å². The summed E-state index contributed by atoms with van der Waals surface area (Å²) < 4.78 is 40.4. The number of pyridine rings is 1. The molecule has 2 aromatic carbocycles. The van der Waals surface area contributed by atoms with Gasteiger partial charge in [-0.2, -0.15) is 13.2 Å². The van der Waals surface area contributed by atoms with Gasteiger partial charge in [-0.15, -0.1) is 9.99 Å². The van der Waals surface area contributed by atoms with E-state index >= 15 is 0 Å². The van der Waals surface area contributed by atoms with Gasteiger partial charge in [0, 0.05) is 16.8 Å². The highest BCUT2D eigenvalue weighted by Gasteiger charge is 2.33. The van der Waals surface area contributed by atoms with Crippen LogP contribution in [0.2, 0.25) is 5.02 Å². The number of alkyl halides is 3. The molecule has 3 heterocycles. The fourth-order valence-corrected chi connectivity index (χ4v) is 3.93. The van der Waals surface area contributed by atoms with Gasteiger partial charge in [0.05, 0.1) is 12.1 Å². The zero-order chi connectivity index (χ0) is 23.0. The summed E-state index contributed by atoms with van der Waals surface area (Å²) in [5.41, 5.74) is 6.80. The lowest BCUT2D eigenvalue weighted by atomic mass is 10.00. The molecule has 2 aromatic heterocycles. The molecule has 33 heavy (non-hydrogen) atoms. The predicted octanol–water partition coefficient (Wildman–Crippen LogP) is 5.57. The molecule has 5 nitrogen and oxygen atoms in total. The topological polar surface area (TPSA) is 44.9 Å². The molecule has 0 unspecified atom stereocenters. The van der Waals surface area contributed by atoms with Crippen LogP contribution in [0, 0.1) is 0 Å². The lowest BCUT2D eigenvalue weighted by Crippen LogP contribution is -2.35. The Morgan fingerprint density at radius 1 is 0.939 bits per heavy atom. The SMILES string of the molecule is FC(F)(F)c1ccc(CN2C[n+]3cnc(-c4ccc(Cl)cc4)c(-c4ccccc4)c3N2)cn1. The Morgan fingerprint density at radius 2 is 1.70 bits per heavy atom. The molecule has 4 aromatic rings. The molecule has 0 aliphatic carbocycles. The van der Waals surface area contributed by atoms with Crippen LogP contribution in [0.5, 0.6) is 0 Å². The quantitative estimate of drug-likeness (QED) is 0.398. The van der Waals surface area contributed by atoms with Crippen LogP contribution in [0.15, 0.2) is 79.3 Å². The van der Waals surface area contributed by atoms with Crippen molar-refractivity contribution >= 4 is 17.4 Å². The number of anilines is 1. The van der Waals surface area contributed by atoms with Crippen molar-refractivity contribution in [3.05, 3.63) is 95.5 Å². The Labute approximate surface area is 193 Å². The second-order valence-electron chi connectivity index (χ2n) is 7.66. The fraction of sp³-hybridized carbons (Fsp3) is 0.125. The third kappa shape index (κ3) is 4.40. The molecule has 0 bridgehead atoms. The second kappa shape index (κ2) is 8.46. The first kappa shape index (κ1) is 21.4. The predicted molar refractivity (Wildman–Crippen MR) is 119 cm³/mol. The molecule has 9 heteroatoms. The van der Waals surface area contributed by atoms with Crippen molar-refractivity contribution in [3.63, 3.8) is 0 Å². The summed E-state index contributed by atoms with van der Waals surface area (Å²) in [6.45, 7) is 0.849. The summed E-state index contributed by atoms with van der Waals surface area (Å²) in [4.78, 5) is 8.28. The first-order valence-corrected chi connectivity index (χ1v) is 10.5. The van der Waals surface area contributed by atoms with Crippen LogP contribution in [-0.2, 0) is 19.4 Å². The zero-order valence-corrected chi connectivity index (χ0v) is 18.0. The minimum atomic E-state index is -4.45. The molecule has 166 valence electrons. The average Bonchev–Trinajstić information content (AvgIpc) is 3.22. The summed E-state index contributed by atoms with van der Waals surface area (Å²) in [6, 6.07) is 19.9. The number of benzene rings is 2. The van der Waals surface area contributed by atoms with Crippen LogP contribution in [0.1, 0.15) is 11.3 Å². The molecule has 0 fully saturated rings. The van der Waals surface area contributed by atoms with Crippen LogP contribution in [0.25, 0.3) is 22.4 Å². The number of hydrogen-bond acceptors (Lipinski definition) is 4. The van der Waals surface area contributed by atoms with Crippen LogP contribution in [0.3, 0.4) is 0 Å². The maximum absolute atomic E-state index is 12.8. The molecule has 0 saturated heterocycles. The van der Waals surface area contributed by atoms with E-state index in [1.807, 2.05) is 64.2 Å².